The van der Waals surface area contributed by atoms with E-state index in [4.69, 9.17) is 28.4 Å². The fourth-order valence-electron chi connectivity index (χ4n) is 5.83. The molecule has 0 aliphatic carbocycles. The van der Waals surface area contributed by atoms with Gasteiger partial charge in [0.2, 0.25) is 6.29 Å². The fraction of sp³-hybridized carbons (Fsp3) is 0.220. The summed E-state index contributed by atoms with van der Waals surface area (Å²) in [6.45, 7) is -0.139. The molecular weight excluding hydrogens is 712 g/mol. The van der Waals surface area contributed by atoms with Gasteiger partial charge in [-0.25, -0.2) is 9.59 Å². The third-order valence-electron chi connectivity index (χ3n) is 8.68. The smallest absolute Gasteiger partial charge is 0.340 e. The molecule has 0 aromatic heterocycles. The molecule has 282 valence electrons. The summed E-state index contributed by atoms with van der Waals surface area (Å²) in [6.07, 6.45) is -5.61. The monoisotopic (exact) mass is 748 g/mol. The lowest BCUT2D eigenvalue weighted by Gasteiger charge is -2.45. The Morgan fingerprint density at radius 3 is 1.36 bits per heavy atom. The largest absolute Gasteiger partial charge is 0.459 e. The van der Waals surface area contributed by atoms with Crippen LogP contribution in [0.15, 0.2) is 140 Å². The lowest BCUT2D eigenvalue weighted by atomic mass is 9.97. The maximum atomic E-state index is 13.6. The van der Waals surface area contributed by atoms with E-state index in [1.807, 2.05) is 91.0 Å². The normalized spacial score (nSPS) is 19.2. The van der Waals surface area contributed by atoms with Crippen LogP contribution < -0.4 is 0 Å². The van der Waals surface area contributed by atoms with Gasteiger partial charge in [0.15, 0.2) is 0 Å². The number of nitro groups is 2. The number of rotatable bonds is 16. The third kappa shape index (κ3) is 10.4. The summed E-state index contributed by atoms with van der Waals surface area (Å²) in [5.41, 5.74) is 2.14. The van der Waals surface area contributed by atoms with Crippen molar-refractivity contribution in [3.63, 3.8) is 0 Å². The van der Waals surface area contributed by atoms with Crippen molar-refractivity contribution in [3.8, 4) is 0 Å². The molecule has 0 radical (unpaired) electrons. The van der Waals surface area contributed by atoms with Gasteiger partial charge in [-0.15, -0.1) is 0 Å². The first-order valence-corrected chi connectivity index (χ1v) is 17.2. The predicted molar refractivity (Wildman–Crippen MR) is 196 cm³/mol. The predicted octanol–water partition coefficient (Wildman–Crippen LogP) is 7.00. The van der Waals surface area contributed by atoms with Crippen molar-refractivity contribution in [2.24, 2.45) is 0 Å². The molecule has 0 spiro atoms. The SMILES string of the molecule is O=C(OC[C@H]1OC(OC(=O)c2ccc([N+](=O)[O-])cc2)[C@H](OCc2ccccc2)[C@@H](OCc2ccccc2)[C@@H]1OCc1ccccc1)c1ccc([N+](=O)[O-])cc1. The summed E-state index contributed by atoms with van der Waals surface area (Å²) in [4.78, 5) is 48.0. The van der Waals surface area contributed by atoms with Crippen LogP contribution in [0.1, 0.15) is 37.4 Å². The molecule has 6 rings (SSSR count). The van der Waals surface area contributed by atoms with Crippen LogP contribution in [0.3, 0.4) is 0 Å². The van der Waals surface area contributed by atoms with Crippen LogP contribution in [0, 0.1) is 20.2 Å². The van der Waals surface area contributed by atoms with Gasteiger partial charge in [0.05, 0.1) is 40.8 Å². The summed E-state index contributed by atoms with van der Waals surface area (Å²) >= 11 is 0. The van der Waals surface area contributed by atoms with E-state index >= 15 is 0 Å². The zero-order valence-electron chi connectivity index (χ0n) is 29.3. The molecule has 1 saturated heterocycles. The highest BCUT2D eigenvalue weighted by Crippen LogP contribution is 2.32. The van der Waals surface area contributed by atoms with Crippen molar-refractivity contribution in [1.82, 2.24) is 0 Å². The second-order valence-electron chi connectivity index (χ2n) is 12.4. The molecule has 1 aliphatic heterocycles. The standard InChI is InChI=1S/C41H36N2O12/c44-39(31-16-20-33(21-17-31)42(46)47)53-27-35-36(50-24-28-10-4-1-5-11-28)37(51-25-29-12-6-2-7-13-29)38(52-26-30-14-8-3-9-15-30)41(54-35)55-40(45)32-18-22-34(23-19-32)43(48)49/h1-23,35-38,41H,24-27H2/t35-,36-,37+,38-,41?/m1/s1. The molecule has 1 aliphatic rings. The number of nitrogens with zero attached hydrogens (tertiary/aromatic N) is 2. The molecule has 1 unspecified atom stereocenters. The number of hydrogen-bond donors (Lipinski definition) is 0. The van der Waals surface area contributed by atoms with Gasteiger partial charge in [-0.1, -0.05) is 91.0 Å². The fourth-order valence-corrected chi connectivity index (χ4v) is 5.83. The van der Waals surface area contributed by atoms with Crippen molar-refractivity contribution in [2.75, 3.05) is 6.61 Å². The van der Waals surface area contributed by atoms with Gasteiger partial charge < -0.3 is 28.4 Å². The van der Waals surface area contributed by atoms with E-state index in [0.29, 0.717) is 0 Å². The number of esters is 2. The Hall–Kier alpha value is -6.32. The number of nitro benzene ring substituents is 2. The van der Waals surface area contributed by atoms with Gasteiger partial charge in [-0.2, -0.15) is 0 Å². The van der Waals surface area contributed by atoms with Crippen molar-refractivity contribution < 1.29 is 47.9 Å². The topological polar surface area (TPSA) is 176 Å². The molecule has 0 bridgehead atoms. The Labute approximate surface area is 315 Å². The van der Waals surface area contributed by atoms with Gasteiger partial charge in [0.1, 0.15) is 31.0 Å². The summed E-state index contributed by atoms with van der Waals surface area (Å²) in [5, 5.41) is 22.4. The zero-order valence-corrected chi connectivity index (χ0v) is 29.3. The van der Waals surface area contributed by atoms with Crippen LogP contribution in [-0.2, 0) is 48.2 Å². The molecule has 0 amide bonds. The van der Waals surface area contributed by atoms with Crippen LogP contribution >= 0.6 is 0 Å². The molecule has 5 aromatic carbocycles. The van der Waals surface area contributed by atoms with Crippen LogP contribution in [0.2, 0.25) is 0 Å². The van der Waals surface area contributed by atoms with E-state index in [0.717, 1.165) is 16.7 Å². The van der Waals surface area contributed by atoms with Crippen LogP contribution in [0.5, 0.6) is 0 Å². The maximum Gasteiger partial charge on any atom is 0.340 e. The lowest BCUT2D eigenvalue weighted by molar-refractivity contribution is -0.385. The Balaban J connectivity index is 1.34. The van der Waals surface area contributed by atoms with Crippen molar-refractivity contribution in [1.29, 1.82) is 0 Å². The number of non-ortho nitro benzene ring substituents is 2. The minimum Gasteiger partial charge on any atom is -0.459 e. The molecular formula is C41H36N2O12. The van der Waals surface area contributed by atoms with E-state index in [1.54, 1.807) is 0 Å². The average molecular weight is 749 g/mol. The van der Waals surface area contributed by atoms with Gasteiger partial charge in [0, 0.05) is 24.3 Å². The number of ether oxygens (including phenoxy) is 6. The first-order chi connectivity index (χ1) is 26.7. The minimum atomic E-state index is -1.45. The number of carbonyl (C=O) groups is 2. The molecule has 14 heteroatoms. The van der Waals surface area contributed by atoms with Gasteiger partial charge in [-0.3, -0.25) is 20.2 Å². The summed E-state index contributed by atoms with van der Waals surface area (Å²) in [7, 11) is 0. The van der Waals surface area contributed by atoms with E-state index in [1.165, 1.54) is 48.5 Å². The van der Waals surface area contributed by atoms with E-state index in [2.05, 4.69) is 0 Å². The molecule has 1 fully saturated rings. The molecule has 14 nitrogen and oxygen atoms in total. The second kappa shape index (κ2) is 18.6. The van der Waals surface area contributed by atoms with Gasteiger partial charge in [0.25, 0.3) is 11.4 Å². The Morgan fingerprint density at radius 1 is 0.527 bits per heavy atom. The van der Waals surface area contributed by atoms with Gasteiger partial charge in [-0.05, 0) is 41.0 Å². The zero-order chi connectivity index (χ0) is 38.6. The molecule has 0 N–H and O–H groups in total. The molecule has 5 aromatic rings. The summed E-state index contributed by atoms with van der Waals surface area (Å²) in [6, 6.07) is 37.9. The number of carbonyl (C=O) groups excluding carboxylic acids is 2. The highest BCUT2D eigenvalue weighted by atomic mass is 16.7. The van der Waals surface area contributed by atoms with Crippen LogP contribution in [0.4, 0.5) is 11.4 Å². The summed E-state index contributed by atoms with van der Waals surface area (Å²) in [5.74, 6) is -1.65. The maximum absolute atomic E-state index is 13.6. The van der Waals surface area contributed by atoms with Crippen molar-refractivity contribution in [2.45, 2.75) is 50.5 Å². The highest BCUT2D eigenvalue weighted by Gasteiger charge is 2.50. The molecule has 0 saturated carbocycles. The highest BCUT2D eigenvalue weighted by molar-refractivity contribution is 5.90. The molecule has 1 heterocycles. The molecule has 55 heavy (non-hydrogen) atoms. The Morgan fingerprint density at radius 2 is 0.927 bits per heavy atom. The Kier molecular flexibility index (Phi) is 13.0. The summed E-state index contributed by atoms with van der Waals surface area (Å²) < 4.78 is 37.6. The minimum absolute atomic E-state index is 0.0152. The number of benzene rings is 5. The first kappa shape index (κ1) is 38.4. The third-order valence-corrected chi connectivity index (χ3v) is 8.68. The van der Waals surface area contributed by atoms with Crippen LogP contribution in [-0.4, -0.2) is 59.1 Å². The van der Waals surface area contributed by atoms with E-state index in [9.17, 15) is 29.8 Å². The first-order valence-electron chi connectivity index (χ1n) is 17.2. The van der Waals surface area contributed by atoms with Gasteiger partial charge >= 0.3 is 11.9 Å². The quantitative estimate of drug-likeness (QED) is 0.0575. The van der Waals surface area contributed by atoms with E-state index in [-0.39, 0.29) is 42.3 Å². The Bertz CT molecular complexity index is 2030. The second-order valence-corrected chi connectivity index (χ2v) is 12.4. The van der Waals surface area contributed by atoms with E-state index < -0.39 is 59.1 Å². The van der Waals surface area contributed by atoms with Crippen LogP contribution in [0.25, 0.3) is 0 Å². The van der Waals surface area contributed by atoms with Crippen molar-refractivity contribution in [3.05, 3.63) is 188 Å². The molecule has 5 atom stereocenters. The lowest BCUT2D eigenvalue weighted by Crippen LogP contribution is -2.62. The average Bonchev–Trinajstić information content (AvgIpc) is 3.22. The number of hydrogen-bond acceptors (Lipinski definition) is 12. The van der Waals surface area contributed by atoms with Crippen molar-refractivity contribution >= 4 is 23.3 Å².